The average Bonchev–Trinajstić information content (AvgIpc) is 2.84. The van der Waals surface area contributed by atoms with Gasteiger partial charge in [-0.1, -0.05) is 6.07 Å². The molecule has 0 unspecified atom stereocenters. The number of nitrogens with one attached hydrogen (secondary N) is 1. The fraction of sp³-hybridized carbons (Fsp3) is 0.167. The van der Waals surface area contributed by atoms with Crippen LogP contribution in [0.3, 0.4) is 0 Å². The van der Waals surface area contributed by atoms with Gasteiger partial charge in [0.2, 0.25) is 0 Å². The van der Waals surface area contributed by atoms with Crippen molar-refractivity contribution in [3.05, 3.63) is 42.5 Å². The molecule has 0 saturated heterocycles. The van der Waals surface area contributed by atoms with Crippen LogP contribution >= 0.6 is 0 Å². The Labute approximate surface area is 99.5 Å². The molecule has 0 bridgehead atoms. The van der Waals surface area contributed by atoms with Crippen LogP contribution < -0.4 is 11.1 Å². The number of rotatable bonds is 4. The van der Waals surface area contributed by atoms with Crippen molar-refractivity contribution in [3.8, 4) is 6.07 Å². The molecule has 1 aromatic carbocycles. The topological polar surface area (TPSA) is 79.7 Å². The van der Waals surface area contributed by atoms with Crippen molar-refractivity contribution in [2.45, 2.75) is 6.54 Å². The normalized spacial score (nSPS) is 9.82. The summed E-state index contributed by atoms with van der Waals surface area (Å²) in [5.74, 6) is 0. The molecule has 0 amide bonds. The van der Waals surface area contributed by atoms with E-state index in [2.05, 4.69) is 16.4 Å². The predicted molar refractivity (Wildman–Crippen MR) is 66.3 cm³/mol. The Morgan fingerprint density at radius 2 is 2.35 bits per heavy atom. The Balaban J connectivity index is 1.98. The van der Waals surface area contributed by atoms with E-state index < -0.39 is 0 Å². The van der Waals surface area contributed by atoms with Crippen LogP contribution in [0.15, 0.2) is 36.9 Å². The van der Waals surface area contributed by atoms with Crippen LogP contribution in [0.2, 0.25) is 0 Å². The number of anilines is 2. The minimum atomic E-state index is 0.498. The molecule has 17 heavy (non-hydrogen) atoms. The van der Waals surface area contributed by atoms with E-state index in [0.717, 1.165) is 18.8 Å². The van der Waals surface area contributed by atoms with Gasteiger partial charge in [-0.15, -0.1) is 0 Å². The first-order chi connectivity index (χ1) is 8.31. The van der Waals surface area contributed by atoms with Gasteiger partial charge in [-0.3, -0.25) is 0 Å². The summed E-state index contributed by atoms with van der Waals surface area (Å²) in [6.07, 6.45) is 5.40. The lowest BCUT2D eigenvalue weighted by Gasteiger charge is -2.10. The van der Waals surface area contributed by atoms with Crippen LogP contribution in [0.5, 0.6) is 0 Å². The fourth-order valence-corrected chi connectivity index (χ4v) is 1.56. The summed E-state index contributed by atoms with van der Waals surface area (Å²) in [4.78, 5) is 3.96. The van der Waals surface area contributed by atoms with Gasteiger partial charge in [-0.2, -0.15) is 5.26 Å². The Bertz CT molecular complexity index is 524. The zero-order valence-electron chi connectivity index (χ0n) is 9.30. The first-order valence-electron chi connectivity index (χ1n) is 5.29. The number of nitrogens with two attached hydrogens (primary N) is 1. The van der Waals surface area contributed by atoms with Crippen LogP contribution in [0.4, 0.5) is 11.4 Å². The second-order valence-corrected chi connectivity index (χ2v) is 3.61. The first-order valence-corrected chi connectivity index (χ1v) is 5.29. The van der Waals surface area contributed by atoms with E-state index in [9.17, 15) is 0 Å². The lowest BCUT2D eigenvalue weighted by Crippen LogP contribution is -2.10. The van der Waals surface area contributed by atoms with Gasteiger partial charge >= 0.3 is 0 Å². The molecule has 0 aliphatic rings. The molecule has 5 nitrogen and oxygen atoms in total. The summed E-state index contributed by atoms with van der Waals surface area (Å²) in [6, 6.07) is 7.44. The van der Waals surface area contributed by atoms with Gasteiger partial charge in [0, 0.05) is 25.5 Å². The van der Waals surface area contributed by atoms with Gasteiger partial charge in [0.25, 0.3) is 0 Å². The summed E-state index contributed by atoms with van der Waals surface area (Å²) < 4.78 is 1.97. The number of para-hydroxylation sites is 1. The Morgan fingerprint density at radius 3 is 3.06 bits per heavy atom. The zero-order chi connectivity index (χ0) is 12.1. The van der Waals surface area contributed by atoms with Crippen molar-refractivity contribution < 1.29 is 0 Å². The Hall–Kier alpha value is -2.48. The highest BCUT2D eigenvalue weighted by molar-refractivity contribution is 5.72. The Morgan fingerprint density at radius 1 is 1.47 bits per heavy atom. The summed E-state index contributed by atoms with van der Waals surface area (Å²) in [7, 11) is 0. The number of imidazole rings is 1. The maximum atomic E-state index is 8.85. The molecule has 1 heterocycles. The molecule has 2 aromatic rings. The molecule has 5 heteroatoms. The van der Waals surface area contributed by atoms with Crippen molar-refractivity contribution in [2.24, 2.45) is 0 Å². The summed E-state index contributed by atoms with van der Waals surface area (Å²) >= 11 is 0. The minimum Gasteiger partial charge on any atom is -0.396 e. The number of aromatic nitrogens is 2. The number of hydrogen-bond acceptors (Lipinski definition) is 4. The molecule has 0 atom stereocenters. The second-order valence-electron chi connectivity index (χ2n) is 3.61. The van der Waals surface area contributed by atoms with Crippen LogP contribution in [-0.2, 0) is 6.54 Å². The van der Waals surface area contributed by atoms with E-state index in [1.54, 1.807) is 18.6 Å². The highest BCUT2D eigenvalue weighted by Gasteiger charge is 2.03. The fourth-order valence-electron chi connectivity index (χ4n) is 1.56. The summed E-state index contributed by atoms with van der Waals surface area (Å²) in [5, 5.41) is 12.0. The van der Waals surface area contributed by atoms with E-state index in [1.807, 2.05) is 22.9 Å². The standard InChI is InChI=1S/C12H13N5/c13-8-10-2-1-3-11(12(10)14)16-5-7-17-6-4-15-9-17/h1-4,6,9,16H,5,7,14H2. The van der Waals surface area contributed by atoms with Gasteiger partial charge in [0.05, 0.1) is 23.3 Å². The predicted octanol–water partition coefficient (Wildman–Crippen LogP) is 1.45. The SMILES string of the molecule is N#Cc1cccc(NCCn2ccnc2)c1N. The quantitative estimate of drug-likeness (QED) is 0.775. The number of nitriles is 1. The number of benzene rings is 1. The molecule has 0 aliphatic carbocycles. The molecule has 86 valence electrons. The molecular formula is C12H13N5. The molecule has 0 spiro atoms. The number of nitrogen functional groups attached to an aromatic ring is 1. The lowest BCUT2D eigenvalue weighted by molar-refractivity contribution is 0.727. The van der Waals surface area contributed by atoms with Crippen LogP contribution in [0, 0.1) is 11.3 Å². The first kappa shape index (κ1) is 11.0. The third-order valence-electron chi connectivity index (χ3n) is 2.47. The van der Waals surface area contributed by atoms with Crippen LogP contribution in [0.1, 0.15) is 5.56 Å². The molecule has 2 rings (SSSR count). The maximum Gasteiger partial charge on any atom is 0.101 e. The van der Waals surface area contributed by atoms with Gasteiger partial charge in [-0.05, 0) is 12.1 Å². The van der Waals surface area contributed by atoms with Gasteiger partial charge in [0.1, 0.15) is 6.07 Å². The third kappa shape index (κ3) is 2.55. The molecule has 0 saturated carbocycles. The van der Waals surface area contributed by atoms with E-state index in [0.29, 0.717) is 11.3 Å². The van der Waals surface area contributed by atoms with Crippen molar-refractivity contribution in [2.75, 3.05) is 17.6 Å². The lowest BCUT2D eigenvalue weighted by atomic mass is 10.1. The average molecular weight is 227 g/mol. The second kappa shape index (κ2) is 5.03. The minimum absolute atomic E-state index is 0.498. The van der Waals surface area contributed by atoms with E-state index >= 15 is 0 Å². The van der Waals surface area contributed by atoms with Crippen LogP contribution in [0.25, 0.3) is 0 Å². The summed E-state index contributed by atoms with van der Waals surface area (Å²) in [5.41, 5.74) is 7.64. The van der Waals surface area contributed by atoms with E-state index in [4.69, 9.17) is 11.0 Å². The highest BCUT2D eigenvalue weighted by atomic mass is 15.0. The molecular weight excluding hydrogens is 214 g/mol. The Kier molecular flexibility index (Phi) is 3.26. The number of nitrogens with zero attached hydrogens (tertiary/aromatic N) is 3. The third-order valence-corrected chi connectivity index (χ3v) is 2.47. The van der Waals surface area contributed by atoms with Crippen molar-refractivity contribution in [1.82, 2.24) is 9.55 Å². The number of hydrogen-bond donors (Lipinski definition) is 2. The van der Waals surface area contributed by atoms with E-state index in [1.165, 1.54) is 0 Å². The largest absolute Gasteiger partial charge is 0.396 e. The van der Waals surface area contributed by atoms with Gasteiger partial charge < -0.3 is 15.6 Å². The molecule has 0 radical (unpaired) electrons. The molecule has 3 N–H and O–H groups in total. The highest BCUT2D eigenvalue weighted by Crippen LogP contribution is 2.21. The van der Waals surface area contributed by atoms with Crippen molar-refractivity contribution in [3.63, 3.8) is 0 Å². The van der Waals surface area contributed by atoms with Gasteiger partial charge in [-0.25, -0.2) is 4.98 Å². The van der Waals surface area contributed by atoms with Crippen LogP contribution in [-0.4, -0.2) is 16.1 Å². The van der Waals surface area contributed by atoms with Gasteiger partial charge in [0.15, 0.2) is 0 Å². The zero-order valence-corrected chi connectivity index (χ0v) is 9.30. The monoisotopic (exact) mass is 227 g/mol. The van der Waals surface area contributed by atoms with Crippen molar-refractivity contribution in [1.29, 1.82) is 5.26 Å². The van der Waals surface area contributed by atoms with E-state index in [-0.39, 0.29) is 0 Å². The smallest absolute Gasteiger partial charge is 0.101 e. The maximum absolute atomic E-state index is 8.85. The molecule has 0 fully saturated rings. The summed E-state index contributed by atoms with van der Waals surface area (Å²) in [6.45, 7) is 1.53. The van der Waals surface area contributed by atoms with Crippen molar-refractivity contribution >= 4 is 11.4 Å². The molecule has 1 aromatic heterocycles. The molecule has 0 aliphatic heterocycles.